The Kier molecular flexibility index (Phi) is 12.7. The van der Waals surface area contributed by atoms with Crippen LogP contribution >= 0.6 is 0 Å². The molecule has 3 N–H and O–H groups in total. The van der Waals surface area contributed by atoms with Gasteiger partial charge in [0.05, 0.1) is 6.54 Å². The van der Waals surface area contributed by atoms with E-state index in [1.54, 1.807) is 7.11 Å². The summed E-state index contributed by atoms with van der Waals surface area (Å²) in [7, 11) is 3.85. The van der Waals surface area contributed by atoms with E-state index in [-0.39, 0.29) is 5.91 Å². The Morgan fingerprint density at radius 1 is 1.14 bits per heavy atom. The maximum atomic E-state index is 11.6. The van der Waals surface area contributed by atoms with Gasteiger partial charge in [0.15, 0.2) is 5.96 Å². The minimum absolute atomic E-state index is 0.0547. The number of nitrogens with one attached hydrogen (secondary N) is 3. The molecule has 158 valence electrons. The number of carbonyl (C=O) groups excluding carboxylic acids is 1. The van der Waals surface area contributed by atoms with Crippen LogP contribution in [0.15, 0.2) is 29.3 Å². The van der Waals surface area contributed by atoms with Crippen LogP contribution in [0.5, 0.6) is 0 Å². The quantitative estimate of drug-likeness (QED) is 0.273. The van der Waals surface area contributed by atoms with Gasteiger partial charge in [0, 0.05) is 52.0 Å². The lowest BCUT2D eigenvalue weighted by molar-refractivity contribution is -0.116. The molecule has 7 nitrogen and oxygen atoms in total. The van der Waals surface area contributed by atoms with E-state index in [0.717, 1.165) is 62.8 Å². The van der Waals surface area contributed by atoms with Gasteiger partial charge >= 0.3 is 0 Å². The standard InChI is InChI=1S/C21H37N5O2/c1-5-8-20(27)25-19-11-9-18(10-12-19)17-24-21(22-6-2)23-13-15-26(3)14-7-16-28-4/h9-12H,5-8,13-17H2,1-4H3,(H,25,27)(H2,22,23,24). The predicted molar refractivity (Wildman–Crippen MR) is 117 cm³/mol. The Morgan fingerprint density at radius 3 is 2.54 bits per heavy atom. The molecule has 1 aromatic rings. The van der Waals surface area contributed by atoms with Gasteiger partial charge in [0.2, 0.25) is 5.91 Å². The summed E-state index contributed by atoms with van der Waals surface area (Å²) in [5.74, 6) is 0.868. The fourth-order valence-electron chi connectivity index (χ4n) is 2.61. The number of rotatable bonds is 13. The van der Waals surface area contributed by atoms with E-state index in [1.165, 1.54) is 0 Å². The summed E-state index contributed by atoms with van der Waals surface area (Å²) >= 11 is 0. The van der Waals surface area contributed by atoms with Crippen molar-refractivity contribution in [2.24, 2.45) is 4.99 Å². The lowest BCUT2D eigenvalue weighted by Gasteiger charge is -2.18. The molecule has 0 saturated carbocycles. The molecule has 0 atom stereocenters. The Bertz CT molecular complexity index is 575. The van der Waals surface area contributed by atoms with E-state index in [0.29, 0.717) is 13.0 Å². The van der Waals surface area contributed by atoms with Gasteiger partial charge in [-0.1, -0.05) is 19.1 Å². The smallest absolute Gasteiger partial charge is 0.224 e. The summed E-state index contributed by atoms with van der Waals surface area (Å²) in [6.07, 6.45) is 2.43. The van der Waals surface area contributed by atoms with Crippen LogP contribution in [0.1, 0.15) is 38.7 Å². The fourth-order valence-corrected chi connectivity index (χ4v) is 2.61. The van der Waals surface area contributed by atoms with Crippen LogP contribution in [-0.2, 0) is 16.1 Å². The molecule has 0 unspecified atom stereocenters. The van der Waals surface area contributed by atoms with Crippen molar-refractivity contribution in [3.8, 4) is 0 Å². The molecule has 0 fully saturated rings. The topological polar surface area (TPSA) is 78.0 Å². The molecule has 28 heavy (non-hydrogen) atoms. The van der Waals surface area contributed by atoms with Crippen LogP contribution < -0.4 is 16.0 Å². The van der Waals surface area contributed by atoms with E-state index in [4.69, 9.17) is 4.74 Å². The van der Waals surface area contributed by atoms with Crippen molar-refractivity contribution in [3.05, 3.63) is 29.8 Å². The average Bonchev–Trinajstić information content (AvgIpc) is 2.67. The molecule has 0 aliphatic heterocycles. The largest absolute Gasteiger partial charge is 0.385 e. The number of guanidine groups is 1. The van der Waals surface area contributed by atoms with Gasteiger partial charge in [-0.3, -0.25) is 4.79 Å². The normalized spacial score (nSPS) is 11.5. The van der Waals surface area contributed by atoms with E-state index in [9.17, 15) is 4.79 Å². The molecule has 1 aromatic carbocycles. The summed E-state index contributed by atoms with van der Waals surface area (Å²) in [6, 6.07) is 7.85. The van der Waals surface area contributed by atoms with Gasteiger partial charge in [-0.05, 0) is 44.5 Å². The van der Waals surface area contributed by atoms with E-state index in [1.807, 2.05) is 31.2 Å². The Labute approximate surface area is 169 Å². The lowest BCUT2D eigenvalue weighted by Crippen LogP contribution is -2.41. The van der Waals surface area contributed by atoms with Crippen LogP contribution in [-0.4, -0.2) is 63.7 Å². The fraction of sp³-hybridized carbons (Fsp3) is 0.619. The first-order valence-corrected chi connectivity index (χ1v) is 10.2. The zero-order valence-electron chi connectivity index (χ0n) is 17.9. The number of anilines is 1. The Morgan fingerprint density at radius 2 is 1.89 bits per heavy atom. The Hall–Kier alpha value is -2.12. The predicted octanol–water partition coefficient (Wildman–Crippen LogP) is 2.45. The first-order valence-electron chi connectivity index (χ1n) is 10.2. The van der Waals surface area contributed by atoms with Crippen LogP contribution in [0.25, 0.3) is 0 Å². The Balaban J connectivity index is 2.45. The molecular weight excluding hydrogens is 354 g/mol. The summed E-state index contributed by atoms with van der Waals surface area (Å²) in [5.41, 5.74) is 1.93. The van der Waals surface area contributed by atoms with Crippen molar-refractivity contribution < 1.29 is 9.53 Å². The number of likely N-dealkylation sites (N-methyl/N-ethyl adjacent to an activating group) is 1. The number of hydrogen-bond donors (Lipinski definition) is 3. The maximum Gasteiger partial charge on any atom is 0.224 e. The van der Waals surface area contributed by atoms with Crippen molar-refractivity contribution in [3.63, 3.8) is 0 Å². The number of carbonyl (C=O) groups is 1. The summed E-state index contributed by atoms with van der Waals surface area (Å²) in [4.78, 5) is 18.6. The second kappa shape index (κ2) is 14.9. The molecule has 0 aliphatic rings. The number of hydrogen-bond acceptors (Lipinski definition) is 4. The van der Waals surface area contributed by atoms with Crippen LogP contribution in [0.3, 0.4) is 0 Å². The van der Waals surface area contributed by atoms with Gasteiger partial charge in [0.25, 0.3) is 0 Å². The maximum absolute atomic E-state index is 11.6. The second-order valence-electron chi connectivity index (χ2n) is 6.77. The van der Waals surface area contributed by atoms with Gasteiger partial charge in [-0.2, -0.15) is 0 Å². The number of amides is 1. The number of methoxy groups -OCH3 is 1. The highest BCUT2D eigenvalue weighted by Crippen LogP contribution is 2.11. The first-order chi connectivity index (χ1) is 13.6. The van der Waals surface area contributed by atoms with Gasteiger partial charge in [-0.25, -0.2) is 4.99 Å². The van der Waals surface area contributed by atoms with Crippen molar-refractivity contribution in [1.82, 2.24) is 15.5 Å². The highest BCUT2D eigenvalue weighted by Gasteiger charge is 2.02. The summed E-state index contributed by atoms with van der Waals surface area (Å²) < 4.78 is 5.09. The first kappa shape index (κ1) is 23.9. The minimum Gasteiger partial charge on any atom is -0.385 e. The van der Waals surface area contributed by atoms with Crippen molar-refractivity contribution in [2.45, 2.75) is 39.7 Å². The second-order valence-corrected chi connectivity index (χ2v) is 6.77. The molecule has 0 saturated heterocycles. The monoisotopic (exact) mass is 391 g/mol. The zero-order valence-corrected chi connectivity index (χ0v) is 17.9. The number of ether oxygens (including phenoxy) is 1. The minimum atomic E-state index is 0.0547. The molecule has 7 heteroatoms. The molecule has 0 heterocycles. The molecule has 0 radical (unpaired) electrons. The molecule has 1 rings (SSSR count). The van der Waals surface area contributed by atoms with Crippen molar-refractivity contribution >= 4 is 17.6 Å². The van der Waals surface area contributed by atoms with Crippen molar-refractivity contribution in [1.29, 1.82) is 0 Å². The SMILES string of the molecule is CCCC(=O)Nc1ccc(CN=C(NCC)NCCN(C)CCCOC)cc1. The van der Waals surface area contributed by atoms with Gasteiger partial charge < -0.3 is 25.6 Å². The number of benzene rings is 1. The van der Waals surface area contributed by atoms with E-state index >= 15 is 0 Å². The van der Waals surface area contributed by atoms with Gasteiger partial charge in [-0.15, -0.1) is 0 Å². The highest BCUT2D eigenvalue weighted by molar-refractivity contribution is 5.90. The highest BCUT2D eigenvalue weighted by atomic mass is 16.5. The molecule has 0 aliphatic carbocycles. The molecule has 0 aromatic heterocycles. The summed E-state index contributed by atoms with van der Waals surface area (Å²) in [5, 5.41) is 9.55. The molecule has 0 spiro atoms. The molecular formula is C21H37N5O2. The van der Waals surface area contributed by atoms with E-state index < -0.39 is 0 Å². The van der Waals surface area contributed by atoms with Crippen LogP contribution in [0.4, 0.5) is 5.69 Å². The lowest BCUT2D eigenvalue weighted by atomic mass is 10.2. The third-order valence-corrected chi connectivity index (χ3v) is 4.15. The van der Waals surface area contributed by atoms with Crippen molar-refractivity contribution in [2.75, 3.05) is 52.3 Å². The third kappa shape index (κ3) is 10.9. The zero-order chi connectivity index (χ0) is 20.6. The van der Waals surface area contributed by atoms with Crippen LogP contribution in [0, 0.1) is 0 Å². The molecule has 0 bridgehead atoms. The number of aliphatic imine (C=N–C) groups is 1. The third-order valence-electron chi connectivity index (χ3n) is 4.15. The van der Waals surface area contributed by atoms with Crippen LogP contribution in [0.2, 0.25) is 0 Å². The van der Waals surface area contributed by atoms with Gasteiger partial charge in [0.1, 0.15) is 0 Å². The number of nitrogens with zero attached hydrogens (tertiary/aromatic N) is 2. The summed E-state index contributed by atoms with van der Waals surface area (Å²) in [6.45, 7) is 9.04. The average molecular weight is 392 g/mol. The molecule has 1 amide bonds. The van der Waals surface area contributed by atoms with E-state index in [2.05, 4.69) is 39.8 Å².